The number of hydrogen-bond donors (Lipinski definition) is 1. The van der Waals surface area contributed by atoms with E-state index in [-0.39, 0.29) is 29.7 Å². The molecular weight excluding hydrogens is 316 g/mol. The number of aryl methyl sites for hydroxylation is 1. The Kier molecular flexibility index (Phi) is 5.45. The molecule has 25 heavy (non-hydrogen) atoms. The molecule has 3 rings (SSSR count). The molecule has 1 atom stereocenters. The highest BCUT2D eigenvalue weighted by atomic mass is 16.2. The van der Waals surface area contributed by atoms with Crippen molar-refractivity contribution in [2.75, 3.05) is 13.1 Å². The van der Waals surface area contributed by atoms with Gasteiger partial charge < -0.3 is 14.8 Å². The summed E-state index contributed by atoms with van der Waals surface area (Å²) in [6.45, 7) is 5.61. The number of likely N-dealkylation sites (tertiary alicyclic amines) is 1. The van der Waals surface area contributed by atoms with Crippen molar-refractivity contribution in [3.8, 4) is 0 Å². The first-order valence-electron chi connectivity index (χ1n) is 9.53. The Morgan fingerprint density at radius 2 is 1.84 bits per heavy atom. The third kappa shape index (κ3) is 3.88. The van der Waals surface area contributed by atoms with Crippen LogP contribution in [0.4, 0.5) is 0 Å². The van der Waals surface area contributed by atoms with Gasteiger partial charge in [-0.1, -0.05) is 20.3 Å². The molecule has 6 heteroatoms. The summed E-state index contributed by atoms with van der Waals surface area (Å²) < 4.78 is 1.96. The van der Waals surface area contributed by atoms with Crippen LogP contribution < -0.4 is 5.32 Å². The molecular formula is C19H30N4O2. The van der Waals surface area contributed by atoms with Gasteiger partial charge in [-0.2, -0.15) is 0 Å². The van der Waals surface area contributed by atoms with Crippen LogP contribution in [0.3, 0.4) is 0 Å². The van der Waals surface area contributed by atoms with Crippen LogP contribution in [-0.4, -0.2) is 39.4 Å². The molecule has 0 aromatic carbocycles. The molecule has 1 unspecified atom stereocenters. The van der Waals surface area contributed by atoms with Crippen LogP contribution in [0.5, 0.6) is 0 Å². The molecule has 1 saturated heterocycles. The van der Waals surface area contributed by atoms with Gasteiger partial charge in [-0.05, 0) is 31.6 Å². The number of hydrogen-bond acceptors (Lipinski definition) is 3. The minimum atomic E-state index is -0.0814. The fourth-order valence-corrected chi connectivity index (χ4v) is 3.75. The van der Waals surface area contributed by atoms with Gasteiger partial charge in [0.15, 0.2) is 0 Å². The van der Waals surface area contributed by atoms with Gasteiger partial charge in [0, 0.05) is 44.4 Å². The molecule has 1 aromatic rings. The molecule has 0 radical (unpaired) electrons. The maximum absolute atomic E-state index is 12.7. The Labute approximate surface area is 150 Å². The Morgan fingerprint density at radius 3 is 2.32 bits per heavy atom. The summed E-state index contributed by atoms with van der Waals surface area (Å²) in [6, 6.07) is -0.0814. The van der Waals surface area contributed by atoms with Crippen molar-refractivity contribution in [2.45, 2.75) is 52.0 Å². The SMILES string of the molecule is CC(C)C(NC(=O)C1CCN(C(=O)C2CCC2)CC1)c1nccn1C. The predicted octanol–water partition coefficient (Wildman–Crippen LogP) is 2.27. The fourth-order valence-electron chi connectivity index (χ4n) is 3.75. The molecule has 1 aliphatic heterocycles. The molecule has 2 aliphatic rings. The van der Waals surface area contributed by atoms with Gasteiger partial charge >= 0.3 is 0 Å². The summed E-state index contributed by atoms with van der Waals surface area (Å²) in [5.74, 6) is 1.80. The number of aromatic nitrogens is 2. The maximum atomic E-state index is 12.7. The van der Waals surface area contributed by atoms with Gasteiger partial charge in [0.25, 0.3) is 0 Å². The topological polar surface area (TPSA) is 67.2 Å². The van der Waals surface area contributed by atoms with Crippen LogP contribution in [0.2, 0.25) is 0 Å². The lowest BCUT2D eigenvalue weighted by atomic mass is 9.83. The highest BCUT2D eigenvalue weighted by Crippen LogP contribution is 2.30. The fraction of sp³-hybridized carbons (Fsp3) is 0.737. The first-order valence-corrected chi connectivity index (χ1v) is 9.53. The lowest BCUT2D eigenvalue weighted by molar-refractivity contribution is -0.141. The van der Waals surface area contributed by atoms with E-state index < -0.39 is 0 Å². The van der Waals surface area contributed by atoms with E-state index in [9.17, 15) is 9.59 Å². The molecule has 1 aliphatic carbocycles. The standard InChI is InChI=1S/C19H30N4O2/c1-13(2)16(17-20-9-12-22(17)3)21-18(24)14-7-10-23(11-8-14)19(25)15-5-4-6-15/h9,12-16H,4-8,10-11H2,1-3H3,(H,21,24). The van der Waals surface area contributed by atoms with E-state index >= 15 is 0 Å². The van der Waals surface area contributed by atoms with Crippen molar-refractivity contribution in [1.29, 1.82) is 0 Å². The van der Waals surface area contributed by atoms with Crippen molar-refractivity contribution < 1.29 is 9.59 Å². The highest BCUT2D eigenvalue weighted by molar-refractivity contribution is 5.81. The Hall–Kier alpha value is -1.85. The molecule has 0 bridgehead atoms. The van der Waals surface area contributed by atoms with E-state index in [2.05, 4.69) is 24.1 Å². The van der Waals surface area contributed by atoms with Gasteiger partial charge in [-0.15, -0.1) is 0 Å². The van der Waals surface area contributed by atoms with Crippen LogP contribution >= 0.6 is 0 Å². The zero-order chi connectivity index (χ0) is 18.0. The first kappa shape index (κ1) is 18.0. The zero-order valence-corrected chi connectivity index (χ0v) is 15.6. The molecule has 0 spiro atoms. The van der Waals surface area contributed by atoms with E-state index in [4.69, 9.17) is 0 Å². The van der Waals surface area contributed by atoms with Crippen LogP contribution in [0.15, 0.2) is 12.4 Å². The van der Waals surface area contributed by atoms with Gasteiger partial charge in [0.1, 0.15) is 5.82 Å². The van der Waals surface area contributed by atoms with E-state index in [0.717, 1.165) is 31.5 Å². The third-order valence-electron chi connectivity index (χ3n) is 5.73. The van der Waals surface area contributed by atoms with Crippen LogP contribution in [0.1, 0.15) is 57.8 Å². The normalized spacial score (nSPS) is 20.4. The lowest BCUT2D eigenvalue weighted by Gasteiger charge is -2.36. The van der Waals surface area contributed by atoms with Crippen molar-refractivity contribution >= 4 is 11.8 Å². The lowest BCUT2D eigenvalue weighted by Crippen LogP contribution is -2.47. The van der Waals surface area contributed by atoms with Crippen LogP contribution in [0, 0.1) is 17.8 Å². The Balaban J connectivity index is 1.55. The second kappa shape index (κ2) is 7.58. The van der Waals surface area contributed by atoms with Crippen molar-refractivity contribution in [3.05, 3.63) is 18.2 Å². The molecule has 2 heterocycles. The maximum Gasteiger partial charge on any atom is 0.225 e. The smallest absolute Gasteiger partial charge is 0.225 e. The van der Waals surface area contributed by atoms with Gasteiger partial charge in [-0.3, -0.25) is 9.59 Å². The molecule has 138 valence electrons. The average Bonchev–Trinajstić information content (AvgIpc) is 2.96. The number of carbonyl (C=O) groups is 2. The summed E-state index contributed by atoms with van der Waals surface area (Å²) in [4.78, 5) is 31.4. The third-order valence-corrected chi connectivity index (χ3v) is 5.73. The minimum Gasteiger partial charge on any atom is -0.346 e. The highest BCUT2D eigenvalue weighted by Gasteiger charge is 2.34. The molecule has 2 amide bonds. The van der Waals surface area contributed by atoms with Gasteiger partial charge in [0.2, 0.25) is 11.8 Å². The van der Waals surface area contributed by atoms with E-state index in [1.54, 1.807) is 6.20 Å². The number of nitrogens with zero attached hydrogens (tertiary/aromatic N) is 3. The monoisotopic (exact) mass is 346 g/mol. The quantitative estimate of drug-likeness (QED) is 0.889. The Morgan fingerprint density at radius 1 is 1.16 bits per heavy atom. The number of rotatable bonds is 5. The number of imidazole rings is 1. The van der Waals surface area contributed by atoms with E-state index in [0.29, 0.717) is 19.0 Å². The molecule has 2 fully saturated rings. The summed E-state index contributed by atoms with van der Waals surface area (Å²) >= 11 is 0. The zero-order valence-electron chi connectivity index (χ0n) is 15.6. The average molecular weight is 346 g/mol. The van der Waals surface area contributed by atoms with E-state index in [1.165, 1.54) is 6.42 Å². The summed E-state index contributed by atoms with van der Waals surface area (Å²) in [5, 5.41) is 3.19. The van der Waals surface area contributed by atoms with Crippen molar-refractivity contribution in [3.63, 3.8) is 0 Å². The first-order chi connectivity index (χ1) is 12.0. The predicted molar refractivity (Wildman–Crippen MR) is 95.6 cm³/mol. The summed E-state index contributed by atoms with van der Waals surface area (Å²) in [7, 11) is 1.95. The summed E-state index contributed by atoms with van der Waals surface area (Å²) in [6.07, 6.45) is 8.45. The van der Waals surface area contributed by atoms with Gasteiger partial charge in [-0.25, -0.2) is 4.98 Å². The molecule has 1 N–H and O–H groups in total. The second-order valence-corrected chi connectivity index (χ2v) is 7.85. The molecule has 6 nitrogen and oxygen atoms in total. The second-order valence-electron chi connectivity index (χ2n) is 7.85. The molecule has 1 saturated carbocycles. The number of amides is 2. The Bertz CT molecular complexity index is 613. The van der Waals surface area contributed by atoms with E-state index in [1.807, 2.05) is 22.7 Å². The molecule has 1 aromatic heterocycles. The summed E-state index contributed by atoms with van der Waals surface area (Å²) in [5.41, 5.74) is 0. The van der Waals surface area contributed by atoms with Gasteiger partial charge in [0.05, 0.1) is 6.04 Å². The van der Waals surface area contributed by atoms with Crippen LogP contribution in [0.25, 0.3) is 0 Å². The number of piperidine rings is 1. The number of carbonyl (C=O) groups excluding carboxylic acids is 2. The largest absolute Gasteiger partial charge is 0.346 e. The number of nitrogens with one attached hydrogen (secondary N) is 1. The van der Waals surface area contributed by atoms with Crippen LogP contribution in [-0.2, 0) is 16.6 Å². The minimum absolute atomic E-state index is 0.00745. The van der Waals surface area contributed by atoms with Crippen molar-refractivity contribution in [1.82, 2.24) is 19.8 Å². The van der Waals surface area contributed by atoms with Crippen molar-refractivity contribution in [2.24, 2.45) is 24.8 Å².